The van der Waals surface area contributed by atoms with Crippen LogP contribution in [0.5, 0.6) is 0 Å². The van der Waals surface area contributed by atoms with E-state index >= 15 is 0 Å². The average molecular weight is 859 g/mol. The minimum absolute atomic E-state index is 1.21. The molecule has 14 aromatic rings. The van der Waals surface area contributed by atoms with Crippen molar-refractivity contribution < 1.29 is 0 Å². The molecule has 0 aromatic heterocycles. The molecule has 0 bridgehead atoms. The van der Waals surface area contributed by atoms with E-state index in [9.17, 15) is 0 Å². The van der Waals surface area contributed by atoms with Crippen molar-refractivity contribution in [1.29, 1.82) is 0 Å². The van der Waals surface area contributed by atoms with Crippen molar-refractivity contribution >= 4 is 86.2 Å². The normalized spacial score (nSPS) is 11.8. The molecule has 0 atom stereocenters. The third-order valence-electron chi connectivity index (χ3n) is 14.6. The molecular formula is C68H42. The molecule has 0 N–H and O–H groups in total. The summed E-state index contributed by atoms with van der Waals surface area (Å²) in [6.07, 6.45) is 0. The summed E-state index contributed by atoms with van der Waals surface area (Å²) < 4.78 is 0. The molecule has 0 unspecified atom stereocenters. The van der Waals surface area contributed by atoms with Crippen LogP contribution in [-0.2, 0) is 0 Å². The number of hydrogen-bond acceptors (Lipinski definition) is 0. The highest BCUT2D eigenvalue weighted by Gasteiger charge is 2.16. The Bertz CT molecular complexity index is 4370. The molecule has 0 heteroatoms. The summed E-state index contributed by atoms with van der Waals surface area (Å²) in [7, 11) is 0. The van der Waals surface area contributed by atoms with Gasteiger partial charge in [-0.1, -0.05) is 206 Å². The summed E-state index contributed by atoms with van der Waals surface area (Å²) >= 11 is 0. The van der Waals surface area contributed by atoms with Gasteiger partial charge in [0.15, 0.2) is 0 Å². The molecule has 0 aliphatic rings. The smallest absolute Gasteiger partial charge is 0.00923 e. The fourth-order valence-corrected chi connectivity index (χ4v) is 11.2. The Hall–Kier alpha value is -8.84. The predicted molar refractivity (Wildman–Crippen MR) is 294 cm³/mol. The Morgan fingerprint density at radius 1 is 0.132 bits per heavy atom. The molecule has 0 amide bonds. The molecule has 314 valence electrons. The first-order valence-electron chi connectivity index (χ1n) is 23.6. The number of benzene rings is 14. The summed E-state index contributed by atoms with van der Waals surface area (Å²) in [6.45, 7) is 0. The maximum Gasteiger partial charge on any atom is -0.00923 e. The van der Waals surface area contributed by atoms with Crippen LogP contribution in [0.1, 0.15) is 0 Å². The lowest BCUT2D eigenvalue weighted by Crippen LogP contribution is -1.90. The minimum atomic E-state index is 1.21. The molecule has 0 aliphatic heterocycles. The third-order valence-corrected chi connectivity index (χ3v) is 14.6. The summed E-state index contributed by atoms with van der Waals surface area (Å²) in [5.41, 5.74) is 12.3. The summed E-state index contributed by atoms with van der Waals surface area (Å²) in [6, 6.07) is 94.9. The topological polar surface area (TPSA) is 0 Å². The van der Waals surface area contributed by atoms with Gasteiger partial charge < -0.3 is 0 Å². The van der Waals surface area contributed by atoms with E-state index in [1.165, 1.54) is 142 Å². The molecule has 0 aliphatic carbocycles. The summed E-state index contributed by atoms with van der Waals surface area (Å²) in [5, 5.41) is 20.1. The largest absolute Gasteiger partial charge is 0.0616 e. The molecule has 0 saturated heterocycles. The fourth-order valence-electron chi connectivity index (χ4n) is 11.2. The lowest BCUT2D eigenvalue weighted by molar-refractivity contribution is 1.65. The Balaban J connectivity index is 0.909. The molecule has 0 fully saturated rings. The van der Waals surface area contributed by atoms with Gasteiger partial charge >= 0.3 is 0 Å². The molecule has 0 saturated carbocycles. The van der Waals surface area contributed by atoms with Gasteiger partial charge in [-0.25, -0.2) is 0 Å². The van der Waals surface area contributed by atoms with Gasteiger partial charge in [0.25, 0.3) is 0 Å². The van der Waals surface area contributed by atoms with Crippen LogP contribution < -0.4 is 0 Å². The first-order chi connectivity index (χ1) is 33.7. The van der Waals surface area contributed by atoms with Crippen LogP contribution in [0.25, 0.3) is 142 Å². The van der Waals surface area contributed by atoms with Gasteiger partial charge in [0.2, 0.25) is 0 Å². The van der Waals surface area contributed by atoms with Crippen molar-refractivity contribution in [3.8, 4) is 55.6 Å². The van der Waals surface area contributed by atoms with Crippen LogP contribution in [0, 0.1) is 0 Å². The lowest BCUT2D eigenvalue weighted by atomic mass is 9.86. The zero-order chi connectivity index (χ0) is 44.7. The first kappa shape index (κ1) is 38.4. The molecule has 14 aromatic carbocycles. The van der Waals surface area contributed by atoms with Crippen LogP contribution in [0.4, 0.5) is 0 Å². The highest BCUT2D eigenvalue weighted by Crippen LogP contribution is 2.44. The zero-order valence-electron chi connectivity index (χ0n) is 37.2. The molecule has 0 nitrogen and oxygen atoms in total. The van der Waals surface area contributed by atoms with E-state index in [0.717, 1.165) is 0 Å². The third kappa shape index (κ3) is 6.30. The molecule has 0 spiro atoms. The second kappa shape index (κ2) is 15.4. The SMILES string of the molecule is c1ccc2c(-c3ccc4cc(-c5ccc6c(c5)cc(-c5cc7ccccc7c7ccccc57)c5cc(-c7ccc8cc(-c9cccc%10ccccc9%10)ccc8c7)ccc56)ccc4c3)cccc2c1. The Morgan fingerprint density at radius 3 is 1.07 bits per heavy atom. The van der Waals surface area contributed by atoms with Crippen molar-refractivity contribution in [1.82, 2.24) is 0 Å². The fraction of sp³-hybridized carbons (Fsp3) is 0. The van der Waals surface area contributed by atoms with Gasteiger partial charge in [-0.3, -0.25) is 0 Å². The average Bonchev–Trinajstić information content (AvgIpc) is 3.41. The van der Waals surface area contributed by atoms with E-state index < -0.39 is 0 Å². The lowest BCUT2D eigenvalue weighted by Gasteiger charge is -2.17. The van der Waals surface area contributed by atoms with Gasteiger partial charge in [0.05, 0.1) is 0 Å². The molecule has 0 heterocycles. The van der Waals surface area contributed by atoms with E-state index in [2.05, 4.69) is 255 Å². The monoisotopic (exact) mass is 858 g/mol. The Morgan fingerprint density at radius 2 is 0.485 bits per heavy atom. The standard InChI is InChI=1S/C68H42/c1-4-16-57-43(11-1)14-9-21-59(57)54-29-27-46-35-45(23-25-49(46)37-54)51-31-33-62-56(39-51)42-68(67-41-53-13-3-6-18-61(53)63-19-7-8-20-64(63)67)66-40-52(32-34-65(62)66)48-24-26-50-38-55(30-28-47(50)36-48)60-22-10-15-44-12-2-5-17-58(44)60/h1-42H. The van der Waals surface area contributed by atoms with E-state index in [1.54, 1.807) is 0 Å². The van der Waals surface area contributed by atoms with Gasteiger partial charge in [-0.05, 0) is 190 Å². The van der Waals surface area contributed by atoms with Crippen LogP contribution in [-0.4, -0.2) is 0 Å². The maximum absolute atomic E-state index is 2.45. The zero-order valence-corrected chi connectivity index (χ0v) is 37.2. The van der Waals surface area contributed by atoms with Gasteiger partial charge in [-0.15, -0.1) is 0 Å². The second-order valence-electron chi connectivity index (χ2n) is 18.4. The van der Waals surface area contributed by atoms with Crippen molar-refractivity contribution in [2.24, 2.45) is 0 Å². The van der Waals surface area contributed by atoms with Gasteiger partial charge in [0, 0.05) is 0 Å². The van der Waals surface area contributed by atoms with Crippen LogP contribution in [0.3, 0.4) is 0 Å². The first-order valence-corrected chi connectivity index (χ1v) is 23.6. The van der Waals surface area contributed by atoms with Crippen LogP contribution >= 0.6 is 0 Å². The van der Waals surface area contributed by atoms with E-state index in [4.69, 9.17) is 0 Å². The molecular weight excluding hydrogens is 817 g/mol. The van der Waals surface area contributed by atoms with E-state index in [0.29, 0.717) is 0 Å². The van der Waals surface area contributed by atoms with Crippen molar-refractivity contribution in [2.45, 2.75) is 0 Å². The van der Waals surface area contributed by atoms with Crippen molar-refractivity contribution in [3.05, 3.63) is 255 Å². The van der Waals surface area contributed by atoms with E-state index in [-0.39, 0.29) is 0 Å². The second-order valence-corrected chi connectivity index (χ2v) is 18.4. The molecule has 68 heavy (non-hydrogen) atoms. The van der Waals surface area contributed by atoms with Gasteiger partial charge in [0.1, 0.15) is 0 Å². The van der Waals surface area contributed by atoms with Crippen LogP contribution in [0.2, 0.25) is 0 Å². The quantitative estimate of drug-likeness (QED) is 0.151. The van der Waals surface area contributed by atoms with Crippen LogP contribution in [0.15, 0.2) is 255 Å². The van der Waals surface area contributed by atoms with E-state index in [1.807, 2.05) is 0 Å². The minimum Gasteiger partial charge on any atom is -0.0616 e. The van der Waals surface area contributed by atoms with Crippen molar-refractivity contribution in [3.63, 3.8) is 0 Å². The Kier molecular flexibility index (Phi) is 8.69. The van der Waals surface area contributed by atoms with Gasteiger partial charge in [-0.2, -0.15) is 0 Å². The highest BCUT2D eigenvalue weighted by atomic mass is 14.2. The maximum atomic E-state index is 2.45. The number of hydrogen-bond donors (Lipinski definition) is 0. The predicted octanol–water partition coefficient (Wildman–Crippen LogP) is 19.2. The summed E-state index contributed by atoms with van der Waals surface area (Å²) in [5.74, 6) is 0. The summed E-state index contributed by atoms with van der Waals surface area (Å²) in [4.78, 5) is 0. The number of fused-ring (bicyclic) bond motifs is 10. The van der Waals surface area contributed by atoms with Crippen molar-refractivity contribution in [2.75, 3.05) is 0 Å². The molecule has 14 rings (SSSR count). The molecule has 0 radical (unpaired) electrons. The Labute approximate surface area is 394 Å². The highest BCUT2D eigenvalue weighted by molar-refractivity contribution is 6.21. The number of rotatable bonds is 5.